The van der Waals surface area contributed by atoms with Gasteiger partial charge in [-0.2, -0.15) is 0 Å². The van der Waals surface area contributed by atoms with Crippen LogP contribution in [0.2, 0.25) is 0 Å². The number of nitrogens with one attached hydrogen (secondary N) is 1. The van der Waals surface area contributed by atoms with Crippen molar-refractivity contribution >= 4 is 32.8 Å². The van der Waals surface area contributed by atoms with E-state index in [2.05, 4.69) is 31.2 Å². The van der Waals surface area contributed by atoms with Crippen molar-refractivity contribution in [2.24, 2.45) is 5.92 Å². The summed E-state index contributed by atoms with van der Waals surface area (Å²) >= 11 is 3.39. The molecule has 0 spiro atoms. The first-order valence-electron chi connectivity index (χ1n) is 6.64. The van der Waals surface area contributed by atoms with Crippen LogP contribution in [-0.4, -0.2) is 40.9 Å². The summed E-state index contributed by atoms with van der Waals surface area (Å²) in [5.74, 6) is 1.06. The number of ether oxygens (including phenoxy) is 1. The van der Waals surface area contributed by atoms with Gasteiger partial charge in [-0.1, -0.05) is 0 Å². The van der Waals surface area contributed by atoms with E-state index in [-0.39, 0.29) is 12.6 Å². The maximum Gasteiger partial charge on any atom is 0.161 e. The molecule has 106 valence electrons. The van der Waals surface area contributed by atoms with Gasteiger partial charge in [-0.25, -0.2) is 9.97 Å². The Morgan fingerprint density at radius 2 is 2.40 bits per heavy atom. The van der Waals surface area contributed by atoms with Crippen LogP contribution in [0, 0.1) is 5.92 Å². The summed E-state index contributed by atoms with van der Waals surface area (Å²) in [5, 5.41) is 13.8. The molecule has 0 bridgehead atoms. The molecule has 20 heavy (non-hydrogen) atoms. The molecular formula is C14H16BrN3O2. The Bertz CT molecular complexity index is 602. The van der Waals surface area contributed by atoms with E-state index in [4.69, 9.17) is 4.74 Å². The van der Waals surface area contributed by atoms with Crippen LogP contribution in [0.1, 0.15) is 6.42 Å². The Labute approximate surface area is 125 Å². The number of rotatable bonds is 4. The Morgan fingerprint density at radius 3 is 3.15 bits per heavy atom. The molecule has 2 atom stereocenters. The van der Waals surface area contributed by atoms with Gasteiger partial charge in [-0.3, -0.25) is 0 Å². The summed E-state index contributed by atoms with van der Waals surface area (Å²) in [6.45, 7) is 1.53. The van der Waals surface area contributed by atoms with E-state index in [0.717, 1.165) is 28.7 Å². The van der Waals surface area contributed by atoms with Crippen LogP contribution in [0.5, 0.6) is 0 Å². The predicted octanol–water partition coefficient (Wildman–Crippen LogP) is 2.20. The first-order valence-corrected chi connectivity index (χ1v) is 7.43. The van der Waals surface area contributed by atoms with Gasteiger partial charge in [0.05, 0.1) is 19.3 Å². The minimum Gasteiger partial charge on any atom is -0.394 e. The van der Waals surface area contributed by atoms with Crippen molar-refractivity contribution in [3.63, 3.8) is 0 Å². The zero-order chi connectivity index (χ0) is 13.9. The number of aliphatic hydroxyl groups is 1. The fourth-order valence-corrected chi connectivity index (χ4v) is 2.79. The SMILES string of the molecule is OCC(Nc1ccc2cc(Br)cnc2n1)C1CCOC1. The molecule has 0 saturated carbocycles. The van der Waals surface area contributed by atoms with Crippen molar-refractivity contribution in [2.75, 3.05) is 25.1 Å². The molecule has 2 aromatic heterocycles. The van der Waals surface area contributed by atoms with Gasteiger partial charge in [0.1, 0.15) is 5.82 Å². The van der Waals surface area contributed by atoms with Crippen LogP contribution in [0.3, 0.4) is 0 Å². The molecular weight excluding hydrogens is 322 g/mol. The Balaban J connectivity index is 1.80. The second-order valence-corrected chi connectivity index (χ2v) is 5.87. The molecule has 2 unspecified atom stereocenters. The molecule has 3 rings (SSSR count). The standard InChI is InChI=1S/C14H16BrN3O2/c15-11-5-9-1-2-13(18-14(9)16-6-11)17-12(7-19)10-3-4-20-8-10/h1-2,5-6,10,12,19H,3-4,7-8H2,(H,16,17,18). The number of halogens is 1. The summed E-state index contributed by atoms with van der Waals surface area (Å²) in [7, 11) is 0. The van der Waals surface area contributed by atoms with Gasteiger partial charge in [-0.15, -0.1) is 0 Å². The van der Waals surface area contributed by atoms with Gasteiger partial charge in [0.25, 0.3) is 0 Å². The van der Waals surface area contributed by atoms with Crippen LogP contribution >= 0.6 is 15.9 Å². The highest BCUT2D eigenvalue weighted by Gasteiger charge is 2.25. The van der Waals surface area contributed by atoms with Crippen LogP contribution in [0.25, 0.3) is 11.0 Å². The quantitative estimate of drug-likeness (QED) is 0.895. The monoisotopic (exact) mass is 337 g/mol. The van der Waals surface area contributed by atoms with Crippen molar-refractivity contribution < 1.29 is 9.84 Å². The Morgan fingerprint density at radius 1 is 1.50 bits per heavy atom. The maximum atomic E-state index is 9.53. The first-order chi connectivity index (χ1) is 9.76. The fourth-order valence-electron chi connectivity index (χ4n) is 2.44. The van der Waals surface area contributed by atoms with Crippen molar-refractivity contribution in [3.8, 4) is 0 Å². The summed E-state index contributed by atoms with van der Waals surface area (Å²) in [4.78, 5) is 8.77. The smallest absolute Gasteiger partial charge is 0.161 e. The second-order valence-electron chi connectivity index (χ2n) is 4.95. The molecule has 1 saturated heterocycles. The lowest BCUT2D eigenvalue weighted by atomic mass is 10.00. The van der Waals surface area contributed by atoms with Gasteiger partial charge in [0, 0.05) is 28.6 Å². The van der Waals surface area contributed by atoms with E-state index in [9.17, 15) is 5.11 Å². The maximum absolute atomic E-state index is 9.53. The molecule has 0 aliphatic carbocycles. The van der Waals surface area contributed by atoms with Crippen molar-refractivity contribution in [2.45, 2.75) is 12.5 Å². The molecule has 1 aliphatic heterocycles. The van der Waals surface area contributed by atoms with Gasteiger partial charge in [0.2, 0.25) is 0 Å². The first kappa shape index (κ1) is 13.7. The van der Waals surface area contributed by atoms with Gasteiger partial charge < -0.3 is 15.2 Å². The topological polar surface area (TPSA) is 67.3 Å². The number of hydrogen-bond donors (Lipinski definition) is 2. The van der Waals surface area contributed by atoms with Crippen molar-refractivity contribution in [3.05, 3.63) is 28.9 Å². The molecule has 1 aliphatic rings. The fraction of sp³-hybridized carbons (Fsp3) is 0.429. The van der Waals surface area contributed by atoms with E-state index in [0.29, 0.717) is 18.2 Å². The third-order valence-corrected chi connectivity index (χ3v) is 4.01. The summed E-state index contributed by atoms with van der Waals surface area (Å²) in [5.41, 5.74) is 0.692. The van der Waals surface area contributed by atoms with Crippen LogP contribution in [0.15, 0.2) is 28.9 Å². The van der Waals surface area contributed by atoms with Crippen molar-refractivity contribution in [1.82, 2.24) is 9.97 Å². The zero-order valence-corrected chi connectivity index (χ0v) is 12.5. The van der Waals surface area contributed by atoms with Gasteiger partial charge in [-0.05, 0) is 40.5 Å². The number of anilines is 1. The number of fused-ring (bicyclic) bond motifs is 1. The van der Waals surface area contributed by atoms with E-state index in [1.807, 2.05) is 18.2 Å². The third kappa shape index (κ3) is 2.92. The largest absolute Gasteiger partial charge is 0.394 e. The highest BCUT2D eigenvalue weighted by atomic mass is 79.9. The van der Waals surface area contributed by atoms with E-state index in [1.165, 1.54) is 0 Å². The average molecular weight is 338 g/mol. The lowest BCUT2D eigenvalue weighted by Crippen LogP contribution is -2.33. The summed E-state index contributed by atoms with van der Waals surface area (Å²) in [6, 6.07) is 5.84. The van der Waals surface area contributed by atoms with E-state index >= 15 is 0 Å². The molecule has 0 aromatic carbocycles. The zero-order valence-electron chi connectivity index (χ0n) is 10.9. The molecule has 1 fully saturated rings. The summed E-state index contributed by atoms with van der Waals surface area (Å²) < 4.78 is 6.31. The highest BCUT2D eigenvalue weighted by molar-refractivity contribution is 9.10. The summed E-state index contributed by atoms with van der Waals surface area (Å²) in [6.07, 6.45) is 2.70. The average Bonchev–Trinajstić information content (AvgIpc) is 2.99. The highest BCUT2D eigenvalue weighted by Crippen LogP contribution is 2.22. The Kier molecular flexibility index (Phi) is 4.14. The minimum absolute atomic E-state index is 0.0297. The van der Waals surface area contributed by atoms with Crippen molar-refractivity contribution in [1.29, 1.82) is 0 Å². The number of aliphatic hydroxyl groups excluding tert-OH is 1. The minimum atomic E-state index is -0.0297. The van der Waals surface area contributed by atoms with Crippen LogP contribution < -0.4 is 5.32 Å². The lowest BCUT2D eigenvalue weighted by Gasteiger charge is -2.22. The molecule has 0 amide bonds. The third-order valence-electron chi connectivity index (χ3n) is 3.57. The number of aromatic nitrogens is 2. The van der Waals surface area contributed by atoms with Crippen LogP contribution in [0.4, 0.5) is 5.82 Å². The molecule has 2 N–H and O–H groups in total. The molecule has 0 radical (unpaired) electrons. The molecule has 2 aromatic rings. The lowest BCUT2D eigenvalue weighted by molar-refractivity contribution is 0.169. The predicted molar refractivity (Wildman–Crippen MR) is 80.7 cm³/mol. The Hall–Kier alpha value is -1.24. The normalized spacial score (nSPS) is 20.2. The molecule has 5 nitrogen and oxygen atoms in total. The second kappa shape index (κ2) is 6.03. The number of nitrogens with zero attached hydrogens (tertiary/aromatic N) is 2. The van der Waals surface area contributed by atoms with Gasteiger partial charge >= 0.3 is 0 Å². The van der Waals surface area contributed by atoms with E-state index < -0.39 is 0 Å². The van der Waals surface area contributed by atoms with Crippen LogP contribution in [-0.2, 0) is 4.74 Å². The molecule has 3 heterocycles. The molecule has 6 heteroatoms. The van der Waals surface area contributed by atoms with E-state index in [1.54, 1.807) is 6.20 Å². The number of hydrogen-bond acceptors (Lipinski definition) is 5. The number of pyridine rings is 2. The van der Waals surface area contributed by atoms with Gasteiger partial charge in [0.15, 0.2) is 5.65 Å².